The van der Waals surface area contributed by atoms with Crippen LogP contribution in [0.15, 0.2) is 36.8 Å². The summed E-state index contributed by atoms with van der Waals surface area (Å²) in [6.45, 7) is 22.7. The third-order valence-electron chi connectivity index (χ3n) is 8.93. The second-order valence-electron chi connectivity index (χ2n) is 15.8. The molecule has 2 fully saturated rings. The Labute approximate surface area is 264 Å². The van der Waals surface area contributed by atoms with Crippen molar-refractivity contribution in [3.05, 3.63) is 59.0 Å². The van der Waals surface area contributed by atoms with Crippen LogP contribution in [0.3, 0.4) is 0 Å². The zero-order chi connectivity index (χ0) is 32.1. The number of ether oxygens (including phenoxy) is 1. The van der Waals surface area contributed by atoms with Crippen LogP contribution in [0.5, 0.6) is 5.75 Å². The van der Waals surface area contributed by atoms with Gasteiger partial charge in [0.15, 0.2) is 11.6 Å². The molecule has 3 heterocycles. The van der Waals surface area contributed by atoms with E-state index in [0.29, 0.717) is 24.2 Å². The number of piperidine rings is 1. The van der Waals surface area contributed by atoms with Crippen molar-refractivity contribution < 1.29 is 9.84 Å². The van der Waals surface area contributed by atoms with Gasteiger partial charge in [-0.1, -0.05) is 53.4 Å². The number of rotatable bonds is 5. The van der Waals surface area contributed by atoms with Gasteiger partial charge in [-0.3, -0.25) is 9.58 Å². The number of hydrogen-bond acceptors (Lipinski definition) is 6. The molecular formula is C37H51N5O2. The van der Waals surface area contributed by atoms with E-state index in [2.05, 4.69) is 107 Å². The largest absolute Gasteiger partial charge is 0.485 e. The highest BCUT2D eigenvalue weighted by Crippen LogP contribution is 2.39. The summed E-state index contributed by atoms with van der Waals surface area (Å²) in [5.74, 6) is 7.24. The summed E-state index contributed by atoms with van der Waals surface area (Å²) in [4.78, 5) is 7.05. The molecule has 2 aromatic heterocycles. The van der Waals surface area contributed by atoms with E-state index < -0.39 is 5.60 Å². The summed E-state index contributed by atoms with van der Waals surface area (Å²) >= 11 is 0. The smallest absolute Gasteiger partial charge is 0.166 e. The highest BCUT2D eigenvalue weighted by molar-refractivity contribution is 5.66. The van der Waals surface area contributed by atoms with Gasteiger partial charge < -0.3 is 15.6 Å². The number of nitrogens with two attached hydrogens (primary N) is 1. The van der Waals surface area contributed by atoms with Gasteiger partial charge in [-0.05, 0) is 92.2 Å². The molecule has 7 nitrogen and oxygen atoms in total. The lowest BCUT2D eigenvalue weighted by Gasteiger charge is -2.40. The molecule has 0 atom stereocenters. The van der Waals surface area contributed by atoms with Gasteiger partial charge in [0.25, 0.3) is 0 Å². The highest BCUT2D eigenvalue weighted by atomic mass is 16.5. The van der Waals surface area contributed by atoms with Crippen LogP contribution >= 0.6 is 0 Å². The van der Waals surface area contributed by atoms with Crippen molar-refractivity contribution in [1.82, 2.24) is 19.7 Å². The SMILES string of the molecule is CC(C)(C)c1cc(C#CC2(O)CC2)cc(COc2cc(-c3cnn(C4CCN(C(C)(C)C)CC4)c3)cnc2N)c1C(C)(C)C. The van der Waals surface area contributed by atoms with Crippen molar-refractivity contribution >= 4 is 5.82 Å². The molecule has 7 heteroatoms. The van der Waals surface area contributed by atoms with Crippen LogP contribution in [-0.4, -0.2) is 49.0 Å². The Hall–Kier alpha value is -3.34. The fourth-order valence-electron chi connectivity index (χ4n) is 6.17. The van der Waals surface area contributed by atoms with E-state index in [0.717, 1.165) is 61.0 Å². The van der Waals surface area contributed by atoms with E-state index >= 15 is 0 Å². The fraction of sp³-hybridized carbons (Fsp3) is 0.568. The first-order valence-corrected chi connectivity index (χ1v) is 16.0. The van der Waals surface area contributed by atoms with Crippen molar-refractivity contribution in [3.8, 4) is 28.7 Å². The number of anilines is 1. The fourth-order valence-corrected chi connectivity index (χ4v) is 6.17. The maximum Gasteiger partial charge on any atom is 0.166 e. The third-order valence-corrected chi connectivity index (χ3v) is 8.93. The lowest BCUT2D eigenvalue weighted by molar-refractivity contribution is 0.0870. The molecule has 0 unspecified atom stereocenters. The zero-order valence-electron chi connectivity index (χ0n) is 28.2. The maximum atomic E-state index is 10.4. The molecule has 1 saturated carbocycles. The number of nitrogens with zero attached hydrogens (tertiary/aromatic N) is 4. The van der Waals surface area contributed by atoms with Crippen LogP contribution in [0, 0.1) is 11.8 Å². The predicted octanol–water partition coefficient (Wildman–Crippen LogP) is 7.01. The second-order valence-corrected chi connectivity index (χ2v) is 15.8. The number of nitrogen functional groups attached to an aromatic ring is 1. The molecule has 0 amide bonds. The molecule has 0 spiro atoms. The van der Waals surface area contributed by atoms with Crippen LogP contribution in [-0.2, 0) is 17.4 Å². The second kappa shape index (κ2) is 11.5. The van der Waals surface area contributed by atoms with E-state index in [1.54, 1.807) is 6.20 Å². The van der Waals surface area contributed by atoms with Crippen LogP contribution < -0.4 is 10.5 Å². The topological polar surface area (TPSA) is 89.4 Å². The minimum atomic E-state index is -0.834. The molecule has 3 N–H and O–H groups in total. The third kappa shape index (κ3) is 7.30. The van der Waals surface area contributed by atoms with E-state index in [-0.39, 0.29) is 16.4 Å². The summed E-state index contributed by atoms with van der Waals surface area (Å²) in [6, 6.07) is 6.66. The molecular weight excluding hydrogens is 546 g/mol. The molecule has 236 valence electrons. The van der Waals surface area contributed by atoms with E-state index in [4.69, 9.17) is 15.6 Å². The molecule has 1 aromatic carbocycles. The molecule has 3 aromatic rings. The Morgan fingerprint density at radius 2 is 1.64 bits per heavy atom. The molecule has 1 aliphatic heterocycles. The van der Waals surface area contributed by atoms with Gasteiger partial charge in [0.05, 0.1) is 12.2 Å². The number of benzene rings is 1. The minimum absolute atomic E-state index is 0.102. The summed E-state index contributed by atoms with van der Waals surface area (Å²) in [7, 11) is 0. The quantitative estimate of drug-likeness (QED) is 0.308. The van der Waals surface area contributed by atoms with Gasteiger partial charge in [-0.25, -0.2) is 4.98 Å². The Morgan fingerprint density at radius 1 is 0.955 bits per heavy atom. The molecule has 0 radical (unpaired) electrons. The predicted molar refractivity (Wildman–Crippen MR) is 179 cm³/mol. The average molecular weight is 598 g/mol. The van der Waals surface area contributed by atoms with Crippen LogP contribution in [0.25, 0.3) is 11.1 Å². The highest BCUT2D eigenvalue weighted by Gasteiger charge is 2.38. The van der Waals surface area contributed by atoms with E-state index in [9.17, 15) is 5.11 Å². The molecule has 0 bridgehead atoms. The number of likely N-dealkylation sites (tertiary alicyclic amines) is 1. The summed E-state index contributed by atoms with van der Waals surface area (Å²) < 4.78 is 8.56. The van der Waals surface area contributed by atoms with E-state index in [1.165, 1.54) is 11.1 Å². The molecule has 44 heavy (non-hydrogen) atoms. The molecule has 2 aliphatic rings. The van der Waals surface area contributed by atoms with Crippen molar-refractivity contribution in [1.29, 1.82) is 0 Å². The number of hydrogen-bond donors (Lipinski definition) is 2. The Kier molecular flexibility index (Phi) is 8.41. The maximum absolute atomic E-state index is 10.4. The van der Waals surface area contributed by atoms with Crippen molar-refractivity contribution in [3.63, 3.8) is 0 Å². The van der Waals surface area contributed by atoms with Gasteiger partial charge >= 0.3 is 0 Å². The van der Waals surface area contributed by atoms with Crippen molar-refractivity contribution in [2.75, 3.05) is 18.8 Å². The first-order valence-electron chi connectivity index (χ1n) is 16.0. The summed E-state index contributed by atoms with van der Waals surface area (Å²) in [5.41, 5.74) is 11.9. The lowest BCUT2D eigenvalue weighted by atomic mass is 9.72. The summed E-state index contributed by atoms with van der Waals surface area (Å²) in [5, 5.41) is 15.1. The monoisotopic (exact) mass is 597 g/mol. The zero-order valence-corrected chi connectivity index (χ0v) is 28.2. The van der Waals surface area contributed by atoms with Gasteiger partial charge in [0.2, 0.25) is 0 Å². The first-order chi connectivity index (χ1) is 20.4. The molecule has 5 rings (SSSR count). The number of aromatic nitrogens is 3. The van der Waals surface area contributed by atoms with Crippen molar-refractivity contribution in [2.45, 2.75) is 123 Å². The number of pyridine rings is 1. The van der Waals surface area contributed by atoms with Crippen LogP contribution in [0.1, 0.15) is 116 Å². The molecule has 1 aliphatic carbocycles. The number of aliphatic hydroxyl groups is 1. The van der Waals surface area contributed by atoms with Gasteiger partial charge in [0, 0.05) is 47.7 Å². The average Bonchev–Trinajstić information content (AvgIpc) is 3.46. The standard InChI is InChI=1S/C37H51N5O2/c1-34(2,3)30-19-25(10-13-37(43)14-15-37)18-27(32(30)35(4,5)6)24-44-31-20-26(21-39-33(31)38)28-22-40-42(23-28)29-11-16-41(17-12-29)36(7,8)9/h18-23,29,43H,11-12,14-17,24H2,1-9H3,(H2,38,39). The normalized spacial score (nSPS) is 17.7. The molecule has 1 saturated heterocycles. The van der Waals surface area contributed by atoms with Crippen molar-refractivity contribution in [2.24, 2.45) is 0 Å². The first kappa shape index (κ1) is 32.1. The van der Waals surface area contributed by atoms with Crippen LogP contribution in [0.4, 0.5) is 5.82 Å². The minimum Gasteiger partial charge on any atom is -0.485 e. The Bertz CT molecular complexity index is 1560. The Balaban J connectivity index is 1.40. The van der Waals surface area contributed by atoms with Gasteiger partial charge in [0.1, 0.15) is 12.2 Å². The van der Waals surface area contributed by atoms with E-state index in [1.807, 2.05) is 12.3 Å². The van der Waals surface area contributed by atoms with Gasteiger partial charge in [-0.15, -0.1) is 0 Å². The Morgan fingerprint density at radius 3 is 2.23 bits per heavy atom. The van der Waals surface area contributed by atoms with Gasteiger partial charge in [-0.2, -0.15) is 5.10 Å². The van der Waals surface area contributed by atoms with Crippen LogP contribution in [0.2, 0.25) is 0 Å². The summed E-state index contributed by atoms with van der Waals surface area (Å²) in [6.07, 6.45) is 9.47. The lowest BCUT2D eigenvalue weighted by Crippen LogP contribution is -2.46.